The van der Waals surface area contributed by atoms with Crippen molar-refractivity contribution < 1.29 is 9.53 Å². The first-order chi connectivity index (χ1) is 12.6. The lowest BCUT2D eigenvalue weighted by Gasteiger charge is -2.26. The van der Waals surface area contributed by atoms with Crippen LogP contribution in [0.5, 0.6) is 0 Å². The van der Waals surface area contributed by atoms with Crippen LogP contribution in [0.4, 0.5) is 11.5 Å². The average Bonchev–Trinajstić information content (AvgIpc) is 2.66. The summed E-state index contributed by atoms with van der Waals surface area (Å²) < 4.78 is 5.33. The van der Waals surface area contributed by atoms with E-state index in [1.54, 1.807) is 18.3 Å². The molecule has 3 rings (SSSR count). The monoisotopic (exact) mass is 354 g/mol. The van der Waals surface area contributed by atoms with Crippen LogP contribution in [0.1, 0.15) is 21.5 Å². The molecule has 1 amide bonds. The molecule has 1 aromatic heterocycles. The Bertz CT molecular complexity index is 757. The van der Waals surface area contributed by atoms with E-state index in [4.69, 9.17) is 4.74 Å². The van der Waals surface area contributed by atoms with Gasteiger partial charge in [0, 0.05) is 43.6 Å². The minimum Gasteiger partial charge on any atom is -0.379 e. The molecule has 6 heteroatoms. The van der Waals surface area contributed by atoms with Crippen LogP contribution in [-0.2, 0) is 4.74 Å². The lowest BCUT2D eigenvalue weighted by Crippen LogP contribution is -2.41. The lowest BCUT2D eigenvalue weighted by molar-refractivity contribution is 0.0383. The average molecular weight is 354 g/mol. The Balaban J connectivity index is 1.55. The quantitative estimate of drug-likeness (QED) is 0.834. The fraction of sp³-hybridized carbons (Fsp3) is 0.400. The Morgan fingerprint density at radius 1 is 1.15 bits per heavy atom. The second-order valence-electron chi connectivity index (χ2n) is 6.56. The fourth-order valence-corrected chi connectivity index (χ4v) is 2.86. The summed E-state index contributed by atoms with van der Waals surface area (Å²) in [7, 11) is 0. The van der Waals surface area contributed by atoms with Gasteiger partial charge in [0.2, 0.25) is 0 Å². The second kappa shape index (κ2) is 8.78. The molecule has 0 spiro atoms. The zero-order valence-electron chi connectivity index (χ0n) is 15.4. The summed E-state index contributed by atoms with van der Waals surface area (Å²) in [6.45, 7) is 9.02. The largest absolute Gasteiger partial charge is 0.379 e. The number of carbonyl (C=O) groups is 1. The number of benzene rings is 1. The Morgan fingerprint density at radius 2 is 1.96 bits per heavy atom. The van der Waals surface area contributed by atoms with Crippen LogP contribution >= 0.6 is 0 Å². The number of aromatic nitrogens is 1. The van der Waals surface area contributed by atoms with Crippen molar-refractivity contribution in [1.29, 1.82) is 0 Å². The summed E-state index contributed by atoms with van der Waals surface area (Å²) in [5, 5.41) is 6.24. The highest BCUT2D eigenvalue weighted by atomic mass is 16.5. The van der Waals surface area contributed by atoms with Gasteiger partial charge in [-0.3, -0.25) is 9.69 Å². The number of aryl methyl sites for hydroxylation is 2. The molecule has 1 aromatic carbocycles. The number of hydrogen-bond acceptors (Lipinski definition) is 5. The SMILES string of the molecule is Cc1ccc(Nc2cc(C(=O)NCCN3CCOCC3)ccn2)cc1C. The topological polar surface area (TPSA) is 66.5 Å². The predicted octanol–water partition coefficient (Wildman–Crippen LogP) is 2.50. The molecule has 1 saturated heterocycles. The van der Waals surface area contributed by atoms with Gasteiger partial charge in [0.15, 0.2) is 0 Å². The number of nitrogens with one attached hydrogen (secondary N) is 2. The van der Waals surface area contributed by atoms with E-state index in [9.17, 15) is 4.79 Å². The first-order valence-electron chi connectivity index (χ1n) is 9.00. The van der Waals surface area contributed by atoms with Crippen molar-refractivity contribution in [3.8, 4) is 0 Å². The Labute approximate surface area is 154 Å². The molecule has 0 bridgehead atoms. The summed E-state index contributed by atoms with van der Waals surface area (Å²) in [4.78, 5) is 19.0. The number of pyridine rings is 1. The third-order valence-electron chi connectivity index (χ3n) is 4.62. The van der Waals surface area contributed by atoms with Gasteiger partial charge in [-0.25, -0.2) is 4.98 Å². The van der Waals surface area contributed by atoms with E-state index in [-0.39, 0.29) is 5.91 Å². The van der Waals surface area contributed by atoms with Crippen molar-refractivity contribution in [2.45, 2.75) is 13.8 Å². The van der Waals surface area contributed by atoms with E-state index >= 15 is 0 Å². The van der Waals surface area contributed by atoms with Gasteiger partial charge in [-0.1, -0.05) is 6.07 Å². The molecule has 2 aromatic rings. The zero-order valence-corrected chi connectivity index (χ0v) is 15.4. The van der Waals surface area contributed by atoms with Gasteiger partial charge in [0.25, 0.3) is 5.91 Å². The van der Waals surface area contributed by atoms with Crippen LogP contribution in [0, 0.1) is 13.8 Å². The molecule has 1 fully saturated rings. The van der Waals surface area contributed by atoms with Crippen LogP contribution in [0.25, 0.3) is 0 Å². The third-order valence-corrected chi connectivity index (χ3v) is 4.62. The second-order valence-corrected chi connectivity index (χ2v) is 6.56. The van der Waals surface area contributed by atoms with Crippen molar-refractivity contribution in [1.82, 2.24) is 15.2 Å². The Morgan fingerprint density at radius 3 is 2.73 bits per heavy atom. The minimum atomic E-state index is -0.0798. The molecule has 0 unspecified atom stereocenters. The number of hydrogen-bond donors (Lipinski definition) is 2. The highest BCUT2D eigenvalue weighted by molar-refractivity contribution is 5.94. The number of nitrogens with zero attached hydrogens (tertiary/aromatic N) is 2. The predicted molar refractivity (Wildman–Crippen MR) is 103 cm³/mol. The van der Waals surface area contributed by atoms with Crippen molar-refractivity contribution >= 4 is 17.4 Å². The molecule has 2 heterocycles. The normalized spacial score (nSPS) is 14.8. The fourth-order valence-electron chi connectivity index (χ4n) is 2.86. The van der Waals surface area contributed by atoms with Gasteiger partial charge in [-0.05, 0) is 49.2 Å². The van der Waals surface area contributed by atoms with Crippen molar-refractivity contribution in [3.63, 3.8) is 0 Å². The Hall–Kier alpha value is -2.44. The summed E-state index contributed by atoms with van der Waals surface area (Å²) in [6, 6.07) is 9.67. The van der Waals surface area contributed by atoms with Crippen LogP contribution < -0.4 is 10.6 Å². The summed E-state index contributed by atoms with van der Waals surface area (Å²) >= 11 is 0. The molecule has 138 valence electrons. The molecule has 6 nitrogen and oxygen atoms in total. The minimum absolute atomic E-state index is 0.0798. The van der Waals surface area contributed by atoms with E-state index in [1.807, 2.05) is 6.07 Å². The van der Waals surface area contributed by atoms with Crippen molar-refractivity contribution in [3.05, 3.63) is 53.2 Å². The van der Waals surface area contributed by atoms with Crippen LogP contribution in [0.3, 0.4) is 0 Å². The van der Waals surface area contributed by atoms with E-state index in [0.717, 1.165) is 38.5 Å². The molecule has 2 N–H and O–H groups in total. The molecule has 1 aliphatic heterocycles. The van der Waals surface area contributed by atoms with Crippen LogP contribution in [-0.4, -0.2) is 55.2 Å². The van der Waals surface area contributed by atoms with Gasteiger partial charge in [0.05, 0.1) is 13.2 Å². The van der Waals surface area contributed by atoms with Gasteiger partial charge < -0.3 is 15.4 Å². The number of carbonyl (C=O) groups excluding carboxylic acids is 1. The van der Waals surface area contributed by atoms with Crippen molar-refractivity contribution in [2.24, 2.45) is 0 Å². The Kier molecular flexibility index (Phi) is 6.20. The molecule has 0 saturated carbocycles. The van der Waals surface area contributed by atoms with E-state index < -0.39 is 0 Å². The molecule has 0 atom stereocenters. The maximum Gasteiger partial charge on any atom is 0.251 e. The maximum absolute atomic E-state index is 12.4. The van der Waals surface area contributed by atoms with E-state index in [2.05, 4.69) is 46.5 Å². The van der Waals surface area contributed by atoms with Gasteiger partial charge >= 0.3 is 0 Å². The van der Waals surface area contributed by atoms with Crippen molar-refractivity contribution in [2.75, 3.05) is 44.7 Å². The standard InChI is InChI=1S/C20H26N4O2/c1-15-3-4-18(13-16(15)2)23-19-14-17(5-6-21-19)20(25)22-7-8-24-9-11-26-12-10-24/h3-6,13-14H,7-12H2,1-2H3,(H,21,23)(H,22,25). The summed E-state index contributed by atoms with van der Waals surface area (Å²) in [6.07, 6.45) is 1.65. The highest BCUT2D eigenvalue weighted by Gasteiger charge is 2.11. The van der Waals surface area contributed by atoms with Gasteiger partial charge in [-0.15, -0.1) is 0 Å². The lowest BCUT2D eigenvalue weighted by atomic mass is 10.1. The molecular formula is C20H26N4O2. The number of morpholine rings is 1. The van der Waals surface area contributed by atoms with Gasteiger partial charge in [-0.2, -0.15) is 0 Å². The summed E-state index contributed by atoms with van der Waals surface area (Å²) in [5.74, 6) is 0.581. The summed E-state index contributed by atoms with van der Waals surface area (Å²) in [5.41, 5.74) is 4.03. The van der Waals surface area contributed by atoms with E-state index in [1.165, 1.54) is 11.1 Å². The third kappa shape index (κ3) is 5.03. The number of ether oxygens (including phenoxy) is 1. The van der Waals surface area contributed by atoms with Crippen LogP contribution in [0.2, 0.25) is 0 Å². The molecular weight excluding hydrogens is 328 g/mol. The first kappa shape index (κ1) is 18.4. The van der Waals surface area contributed by atoms with Crippen LogP contribution in [0.15, 0.2) is 36.5 Å². The van der Waals surface area contributed by atoms with Gasteiger partial charge in [0.1, 0.15) is 5.82 Å². The number of rotatable bonds is 6. The van der Waals surface area contributed by atoms with E-state index in [0.29, 0.717) is 17.9 Å². The highest BCUT2D eigenvalue weighted by Crippen LogP contribution is 2.18. The molecule has 1 aliphatic rings. The molecule has 0 radical (unpaired) electrons. The smallest absolute Gasteiger partial charge is 0.251 e. The molecule has 26 heavy (non-hydrogen) atoms. The molecule has 0 aliphatic carbocycles. The number of anilines is 2. The number of amides is 1. The first-order valence-corrected chi connectivity index (χ1v) is 9.00. The zero-order chi connectivity index (χ0) is 18.4. The maximum atomic E-state index is 12.4.